The highest BCUT2D eigenvalue weighted by atomic mass is 19.1. The number of alkyl halides is 1. The van der Waals surface area contributed by atoms with Crippen molar-refractivity contribution in [1.29, 1.82) is 0 Å². The zero-order valence-electron chi connectivity index (χ0n) is 6.50. The van der Waals surface area contributed by atoms with Crippen molar-refractivity contribution in [2.45, 2.75) is 13.1 Å². The van der Waals surface area contributed by atoms with E-state index in [1.807, 2.05) is 30.3 Å². The molecule has 0 spiro atoms. The van der Waals surface area contributed by atoms with Crippen LogP contribution in [0.1, 0.15) is 12.5 Å². The van der Waals surface area contributed by atoms with Gasteiger partial charge in [-0.05, 0) is 12.5 Å². The summed E-state index contributed by atoms with van der Waals surface area (Å²) in [6.45, 7) is 1.51. The molecule has 0 N–H and O–H groups in total. The molecule has 1 rings (SSSR count). The minimum Gasteiger partial charge on any atom is -0.243 e. The molecule has 1 aromatic rings. The Morgan fingerprint density at radius 2 is 1.91 bits per heavy atom. The van der Waals surface area contributed by atoms with Gasteiger partial charge in [0.15, 0.2) is 0 Å². The highest BCUT2D eigenvalue weighted by Gasteiger charge is 1.87. The maximum Gasteiger partial charge on any atom is 0.116 e. The molecule has 0 fully saturated rings. The standard InChI is InChI=1S/C10H11F/c1-9(11)7-8-10-5-3-2-4-6-10/h2-9H,1H3/b8-7+. The second-order valence-electron chi connectivity index (χ2n) is 2.45. The van der Waals surface area contributed by atoms with E-state index in [4.69, 9.17) is 0 Å². The average Bonchev–Trinajstić information content (AvgIpc) is 2.03. The van der Waals surface area contributed by atoms with Gasteiger partial charge < -0.3 is 0 Å². The van der Waals surface area contributed by atoms with Crippen LogP contribution >= 0.6 is 0 Å². The molecule has 0 aliphatic heterocycles. The molecule has 0 heterocycles. The van der Waals surface area contributed by atoms with Crippen LogP contribution in [0.25, 0.3) is 6.08 Å². The molecule has 0 aliphatic rings. The Balaban J connectivity index is 2.65. The smallest absolute Gasteiger partial charge is 0.116 e. The Hall–Kier alpha value is -1.11. The van der Waals surface area contributed by atoms with Crippen LogP contribution in [0.3, 0.4) is 0 Å². The minimum absolute atomic E-state index is 0.866. The SMILES string of the molecule is CC(F)/C=C/c1ccccc1. The lowest BCUT2D eigenvalue weighted by molar-refractivity contribution is 0.432. The Morgan fingerprint density at radius 1 is 1.27 bits per heavy atom. The fraction of sp³-hybridized carbons (Fsp3) is 0.200. The summed E-state index contributed by atoms with van der Waals surface area (Å²) in [4.78, 5) is 0. The van der Waals surface area contributed by atoms with Crippen LogP contribution in [0.4, 0.5) is 4.39 Å². The average molecular weight is 150 g/mol. The lowest BCUT2D eigenvalue weighted by atomic mass is 10.2. The second-order valence-corrected chi connectivity index (χ2v) is 2.45. The summed E-state index contributed by atoms with van der Waals surface area (Å²) >= 11 is 0. The predicted molar refractivity (Wildman–Crippen MR) is 46.0 cm³/mol. The van der Waals surface area contributed by atoms with E-state index in [2.05, 4.69) is 0 Å². The van der Waals surface area contributed by atoms with Crippen LogP contribution in [0.2, 0.25) is 0 Å². The van der Waals surface area contributed by atoms with Crippen molar-refractivity contribution in [2.75, 3.05) is 0 Å². The van der Waals surface area contributed by atoms with Gasteiger partial charge in [0.05, 0.1) is 0 Å². The van der Waals surface area contributed by atoms with Crippen LogP contribution in [-0.2, 0) is 0 Å². The normalized spacial score (nSPS) is 13.6. The summed E-state index contributed by atoms with van der Waals surface area (Å²) in [7, 11) is 0. The number of allylic oxidation sites excluding steroid dienone is 1. The zero-order chi connectivity index (χ0) is 8.10. The monoisotopic (exact) mass is 150 g/mol. The summed E-state index contributed by atoms with van der Waals surface area (Å²) in [6, 6.07) is 9.69. The first-order chi connectivity index (χ1) is 5.29. The first kappa shape index (κ1) is 7.99. The van der Waals surface area contributed by atoms with Gasteiger partial charge in [-0.25, -0.2) is 4.39 Å². The summed E-state index contributed by atoms with van der Waals surface area (Å²) in [5.74, 6) is 0. The van der Waals surface area contributed by atoms with Crippen LogP contribution in [-0.4, -0.2) is 6.17 Å². The molecule has 0 saturated carbocycles. The molecule has 0 bridgehead atoms. The van der Waals surface area contributed by atoms with E-state index in [1.165, 1.54) is 13.0 Å². The molecule has 1 unspecified atom stereocenters. The third-order valence-corrected chi connectivity index (χ3v) is 1.35. The van der Waals surface area contributed by atoms with Crippen LogP contribution in [0, 0.1) is 0 Å². The van der Waals surface area contributed by atoms with Crippen molar-refractivity contribution in [1.82, 2.24) is 0 Å². The van der Waals surface area contributed by atoms with Gasteiger partial charge in [-0.15, -0.1) is 0 Å². The molecular formula is C10H11F. The van der Waals surface area contributed by atoms with E-state index in [-0.39, 0.29) is 0 Å². The number of hydrogen-bond acceptors (Lipinski definition) is 0. The summed E-state index contributed by atoms with van der Waals surface area (Å²) in [6.07, 6.45) is 2.45. The molecule has 0 aliphatic carbocycles. The first-order valence-electron chi connectivity index (χ1n) is 3.66. The van der Waals surface area contributed by atoms with E-state index < -0.39 is 6.17 Å². The lowest BCUT2D eigenvalue weighted by Crippen LogP contribution is -1.82. The number of halogens is 1. The van der Waals surface area contributed by atoms with E-state index in [9.17, 15) is 4.39 Å². The van der Waals surface area contributed by atoms with E-state index in [1.54, 1.807) is 6.08 Å². The fourth-order valence-electron chi connectivity index (χ4n) is 0.808. The van der Waals surface area contributed by atoms with Crippen molar-refractivity contribution < 1.29 is 4.39 Å². The van der Waals surface area contributed by atoms with Gasteiger partial charge in [0.25, 0.3) is 0 Å². The molecule has 11 heavy (non-hydrogen) atoms. The van der Waals surface area contributed by atoms with Gasteiger partial charge in [0, 0.05) is 0 Å². The van der Waals surface area contributed by atoms with Crippen molar-refractivity contribution in [3.63, 3.8) is 0 Å². The van der Waals surface area contributed by atoms with Gasteiger partial charge in [0.1, 0.15) is 6.17 Å². The van der Waals surface area contributed by atoms with E-state index in [0.29, 0.717) is 0 Å². The third kappa shape index (κ3) is 2.99. The molecule has 58 valence electrons. The van der Waals surface area contributed by atoms with Gasteiger partial charge >= 0.3 is 0 Å². The zero-order valence-corrected chi connectivity index (χ0v) is 6.50. The third-order valence-electron chi connectivity index (χ3n) is 1.35. The summed E-state index contributed by atoms with van der Waals surface area (Å²) < 4.78 is 12.3. The summed E-state index contributed by atoms with van der Waals surface area (Å²) in [5.41, 5.74) is 1.04. The molecule has 0 saturated heterocycles. The quantitative estimate of drug-likeness (QED) is 0.607. The fourth-order valence-corrected chi connectivity index (χ4v) is 0.808. The Kier molecular flexibility index (Phi) is 2.84. The van der Waals surface area contributed by atoms with Crippen molar-refractivity contribution >= 4 is 6.08 Å². The Labute approximate surface area is 66.4 Å². The van der Waals surface area contributed by atoms with Crippen LogP contribution in [0.15, 0.2) is 36.4 Å². The van der Waals surface area contributed by atoms with Gasteiger partial charge in [-0.2, -0.15) is 0 Å². The first-order valence-corrected chi connectivity index (χ1v) is 3.66. The van der Waals surface area contributed by atoms with E-state index >= 15 is 0 Å². The Bertz CT molecular complexity index is 224. The van der Waals surface area contributed by atoms with Crippen molar-refractivity contribution in [3.05, 3.63) is 42.0 Å². The number of benzene rings is 1. The molecule has 0 aromatic heterocycles. The topological polar surface area (TPSA) is 0 Å². The molecule has 0 radical (unpaired) electrons. The highest BCUT2D eigenvalue weighted by molar-refractivity contribution is 5.49. The van der Waals surface area contributed by atoms with Crippen molar-refractivity contribution in [3.8, 4) is 0 Å². The molecule has 0 amide bonds. The molecule has 0 nitrogen and oxygen atoms in total. The van der Waals surface area contributed by atoms with Gasteiger partial charge in [0.2, 0.25) is 0 Å². The highest BCUT2D eigenvalue weighted by Crippen LogP contribution is 2.02. The van der Waals surface area contributed by atoms with Crippen LogP contribution in [0.5, 0.6) is 0 Å². The van der Waals surface area contributed by atoms with E-state index in [0.717, 1.165) is 5.56 Å². The number of rotatable bonds is 2. The minimum atomic E-state index is -0.866. The molecule has 1 aromatic carbocycles. The van der Waals surface area contributed by atoms with Gasteiger partial charge in [-0.1, -0.05) is 42.5 Å². The number of hydrogen-bond donors (Lipinski definition) is 0. The molecule has 1 heteroatoms. The Morgan fingerprint density at radius 3 is 2.45 bits per heavy atom. The summed E-state index contributed by atoms with van der Waals surface area (Å²) in [5, 5.41) is 0. The maximum atomic E-state index is 12.3. The predicted octanol–water partition coefficient (Wildman–Crippen LogP) is 3.06. The largest absolute Gasteiger partial charge is 0.243 e. The van der Waals surface area contributed by atoms with Crippen molar-refractivity contribution in [2.24, 2.45) is 0 Å². The van der Waals surface area contributed by atoms with Gasteiger partial charge in [-0.3, -0.25) is 0 Å². The lowest BCUT2D eigenvalue weighted by Gasteiger charge is -1.91. The maximum absolute atomic E-state index is 12.3. The van der Waals surface area contributed by atoms with Crippen LogP contribution < -0.4 is 0 Å². The second kappa shape index (κ2) is 3.91. The molecular weight excluding hydrogens is 139 g/mol. The molecule has 1 atom stereocenters.